The first kappa shape index (κ1) is 22.7. The van der Waals surface area contributed by atoms with Crippen molar-refractivity contribution < 1.29 is 0 Å². The van der Waals surface area contributed by atoms with E-state index in [0.717, 1.165) is 38.2 Å². The van der Waals surface area contributed by atoms with Crippen LogP contribution in [0.1, 0.15) is 36.8 Å². The number of aliphatic imine (C=N–C) groups is 1. The zero-order valence-electron chi connectivity index (χ0n) is 17.0. The number of nitrogens with zero attached hydrogens (tertiary/aromatic N) is 4. The fraction of sp³-hybridized carbons (Fsp3) is 0.524. The fourth-order valence-corrected chi connectivity index (χ4v) is 3.73. The highest BCUT2D eigenvalue weighted by atomic mass is 127. The van der Waals surface area contributed by atoms with Crippen molar-refractivity contribution in [2.24, 2.45) is 4.99 Å². The predicted octanol–water partition coefficient (Wildman–Crippen LogP) is 3.09. The van der Waals surface area contributed by atoms with Crippen LogP contribution >= 0.6 is 24.0 Å². The number of nitrogens with one attached hydrogen (secondary N) is 2. The van der Waals surface area contributed by atoms with E-state index in [9.17, 15) is 0 Å². The van der Waals surface area contributed by atoms with E-state index in [4.69, 9.17) is 0 Å². The Kier molecular flexibility index (Phi) is 9.77. The second kappa shape index (κ2) is 12.1. The number of hydrogen-bond acceptors (Lipinski definition) is 3. The van der Waals surface area contributed by atoms with Gasteiger partial charge in [0.25, 0.3) is 0 Å². The van der Waals surface area contributed by atoms with Gasteiger partial charge in [-0.05, 0) is 37.1 Å². The molecular weight excluding hydrogens is 463 g/mol. The molecule has 2 aromatic rings. The van der Waals surface area contributed by atoms with Crippen molar-refractivity contribution in [2.45, 2.75) is 44.8 Å². The van der Waals surface area contributed by atoms with Gasteiger partial charge in [0.2, 0.25) is 0 Å². The van der Waals surface area contributed by atoms with Crippen LogP contribution in [-0.2, 0) is 13.1 Å². The Labute approximate surface area is 185 Å². The quantitative estimate of drug-likeness (QED) is 0.335. The average molecular weight is 496 g/mol. The molecule has 0 spiro atoms. The van der Waals surface area contributed by atoms with Gasteiger partial charge in [-0.25, -0.2) is 0 Å². The molecule has 1 aromatic carbocycles. The lowest BCUT2D eigenvalue weighted by Crippen LogP contribution is -2.42. The maximum atomic E-state index is 4.36. The predicted molar refractivity (Wildman–Crippen MR) is 126 cm³/mol. The van der Waals surface area contributed by atoms with E-state index in [2.05, 4.69) is 56.9 Å². The Bertz CT molecular complexity index is 709. The molecule has 1 aliphatic rings. The molecule has 0 radical (unpaired) electrons. The first-order chi connectivity index (χ1) is 13.3. The summed E-state index contributed by atoms with van der Waals surface area (Å²) in [5.74, 6) is 0.851. The molecule has 7 heteroatoms. The minimum Gasteiger partial charge on any atom is -0.355 e. The lowest BCUT2D eigenvalue weighted by molar-refractivity contribution is 0.249. The monoisotopic (exact) mass is 496 g/mol. The van der Waals surface area contributed by atoms with Gasteiger partial charge in [0.05, 0.1) is 6.54 Å². The van der Waals surface area contributed by atoms with Gasteiger partial charge in [-0.15, -0.1) is 24.0 Å². The normalized spacial score (nSPS) is 14.9. The summed E-state index contributed by atoms with van der Waals surface area (Å²) in [4.78, 5) is 6.84. The number of hydrogen-bond donors (Lipinski definition) is 2. The number of guanidine groups is 1. The smallest absolute Gasteiger partial charge is 0.191 e. The topological polar surface area (TPSA) is 57.5 Å². The molecule has 1 heterocycles. The van der Waals surface area contributed by atoms with E-state index in [-0.39, 0.29) is 24.0 Å². The molecule has 0 bridgehead atoms. The van der Waals surface area contributed by atoms with Gasteiger partial charge in [-0.1, -0.05) is 37.1 Å². The number of halogens is 1. The maximum Gasteiger partial charge on any atom is 0.191 e. The highest BCUT2D eigenvalue weighted by Crippen LogP contribution is 2.21. The zero-order valence-corrected chi connectivity index (χ0v) is 19.3. The van der Waals surface area contributed by atoms with Crippen molar-refractivity contribution in [3.8, 4) is 0 Å². The zero-order chi connectivity index (χ0) is 18.9. The summed E-state index contributed by atoms with van der Waals surface area (Å²) in [7, 11) is 4.06. The third kappa shape index (κ3) is 6.77. The third-order valence-electron chi connectivity index (χ3n) is 5.38. The molecule has 6 nitrogen and oxygen atoms in total. The van der Waals surface area contributed by atoms with Crippen LogP contribution in [0.25, 0.3) is 0 Å². The molecule has 1 fully saturated rings. The average Bonchev–Trinajstić information content (AvgIpc) is 3.39. The van der Waals surface area contributed by atoms with E-state index in [1.165, 1.54) is 36.8 Å². The summed E-state index contributed by atoms with van der Waals surface area (Å²) >= 11 is 0. The van der Waals surface area contributed by atoms with E-state index < -0.39 is 0 Å². The van der Waals surface area contributed by atoms with Crippen LogP contribution in [0.4, 0.5) is 0 Å². The minimum atomic E-state index is 0. The number of benzene rings is 1. The summed E-state index contributed by atoms with van der Waals surface area (Å²) in [6.45, 7) is 3.47. The van der Waals surface area contributed by atoms with E-state index in [0.29, 0.717) is 0 Å². The second-order valence-corrected chi connectivity index (χ2v) is 7.24. The van der Waals surface area contributed by atoms with Crippen LogP contribution < -0.4 is 10.6 Å². The molecule has 28 heavy (non-hydrogen) atoms. The highest BCUT2D eigenvalue weighted by molar-refractivity contribution is 14.0. The van der Waals surface area contributed by atoms with Crippen molar-refractivity contribution in [3.63, 3.8) is 0 Å². The molecule has 1 saturated carbocycles. The minimum absolute atomic E-state index is 0. The number of rotatable bonds is 8. The van der Waals surface area contributed by atoms with E-state index in [1.807, 2.05) is 30.2 Å². The molecule has 0 atom stereocenters. The molecule has 0 aliphatic heterocycles. The van der Waals surface area contributed by atoms with Gasteiger partial charge in [-0.3, -0.25) is 9.67 Å². The summed E-state index contributed by atoms with van der Waals surface area (Å²) in [5, 5.41) is 11.2. The van der Waals surface area contributed by atoms with Gasteiger partial charge in [-0.2, -0.15) is 5.10 Å². The standard InChI is InChI=1S/C21H32N6.HI/c1-22-21(23-13-15-26(2)20-10-5-6-11-20)24-16-18-8-3-4-9-19(18)17-27-14-7-12-25-27;/h3-4,7-9,12,14,20H,5-6,10-11,13,15-17H2,1-2H3,(H2,22,23,24);1H. The summed E-state index contributed by atoms with van der Waals surface area (Å²) in [6, 6.07) is 11.2. The van der Waals surface area contributed by atoms with E-state index >= 15 is 0 Å². The summed E-state index contributed by atoms with van der Waals surface area (Å²) in [5.41, 5.74) is 2.53. The lowest BCUT2D eigenvalue weighted by Gasteiger charge is -2.24. The molecule has 1 aliphatic carbocycles. The van der Waals surface area contributed by atoms with Crippen molar-refractivity contribution in [3.05, 3.63) is 53.9 Å². The molecule has 0 amide bonds. The largest absolute Gasteiger partial charge is 0.355 e. The Balaban J connectivity index is 0.00000280. The van der Waals surface area contributed by atoms with Gasteiger partial charge in [0.1, 0.15) is 0 Å². The third-order valence-corrected chi connectivity index (χ3v) is 5.38. The van der Waals surface area contributed by atoms with Gasteiger partial charge < -0.3 is 15.5 Å². The summed E-state index contributed by atoms with van der Waals surface area (Å²) < 4.78 is 1.95. The number of aromatic nitrogens is 2. The van der Waals surface area contributed by atoms with Crippen molar-refractivity contribution >= 4 is 29.9 Å². The SMILES string of the molecule is CN=C(NCCN(C)C1CCCC1)NCc1ccccc1Cn1cccn1.I. The molecular formula is C21H33IN6. The second-order valence-electron chi connectivity index (χ2n) is 7.24. The van der Waals surface area contributed by atoms with Crippen LogP contribution in [0.5, 0.6) is 0 Å². The van der Waals surface area contributed by atoms with Crippen LogP contribution in [0.3, 0.4) is 0 Å². The fourth-order valence-electron chi connectivity index (χ4n) is 3.73. The molecule has 1 aromatic heterocycles. The molecule has 3 rings (SSSR count). The van der Waals surface area contributed by atoms with Gasteiger partial charge in [0.15, 0.2) is 5.96 Å². The highest BCUT2D eigenvalue weighted by Gasteiger charge is 2.18. The maximum absolute atomic E-state index is 4.36. The van der Waals surface area contributed by atoms with Crippen LogP contribution in [0.2, 0.25) is 0 Å². The molecule has 2 N–H and O–H groups in total. The van der Waals surface area contributed by atoms with Crippen molar-refractivity contribution in [1.82, 2.24) is 25.3 Å². The first-order valence-corrected chi connectivity index (χ1v) is 9.95. The first-order valence-electron chi connectivity index (χ1n) is 9.95. The Hall–Kier alpha value is -1.61. The Morgan fingerprint density at radius 1 is 1.18 bits per heavy atom. The summed E-state index contributed by atoms with van der Waals surface area (Å²) in [6.07, 6.45) is 9.25. The van der Waals surface area contributed by atoms with Crippen LogP contribution in [0, 0.1) is 0 Å². The Morgan fingerprint density at radius 2 is 1.93 bits per heavy atom. The molecule has 154 valence electrons. The van der Waals surface area contributed by atoms with Crippen LogP contribution in [-0.4, -0.2) is 53.9 Å². The van der Waals surface area contributed by atoms with Crippen molar-refractivity contribution in [1.29, 1.82) is 0 Å². The Morgan fingerprint density at radius 3 is 2.61 bits per heavy atom. The molecule has 0 saturated heterocycles. The lowest BCUT2D eigenvalue weighted by atomic mass is 10.1. The van der Waals surface area contributed by atoms with Crippen molar-refractivity contribution in [2.75, 3.05) is 27.2 Å². The van der Waals surface area contributed by atoms with E-state index in [1.54, 1.807) is 0 Å². The number of likely N-dealkylation sites (N-methyl/N-ethyl adjacent to an activating group) is 1. The molecule has 0 unspecified atom stereocenters. The van der Waals surface area contributed by atoms with Crippen LogP contribution in [0.15, 0.2) is 47.7 Å². The van der Waals surface area contributed by atoms with Gasteiger partial charge in [0, 0.05) is 45.1 Å². The van der Waals surface area contributed by atoms with Gasteiger partial charge >= 0.3 is 0 Å².